The van der Waals surface area contributed by atoms with Crippen LogP contribution in [-0.2, 0) is 17.7 Å². The van der Waals surface area contributed by atoms with E-state index in [2.05, 4.69) is 15.6 Å². The van der Waals surface area contributed by atoms with Gasteiger partial charge >= 0.3 is 0 Å². The number of nitrogens with zero attached hydrogens (tertiary/aromatic N) is 1. The molecule has 0 radical (unpaired) electrons. The minimum Gasteiger partial charge on any atom is -0.493 e. The Bertz CT molecular complexity index is 728. The minimum atomic E-state index is -0.176. The zero-order chi connectivity index (χ0) is 19.3. The highest BCUT2D eigenvalue weighted by molar-refractivity contribution is 14.0. The number of nitrogens with one attached hydrogen (secondary N) is 2. The first-order valence-electron chi connectivity index (χ1n) is 9.11. The van der Waals surface area contributed by atoms with Crippen molar-refractivity contribution in [1.82, 2.24) is 10.6 Å². The molecule has 7 heteroatoms. The van der Waals surface area contributed by atoms with Crippen molar-refractivity contribution in [3.05, 3.63) is 65.5 Å². The second-order valence-electron chi connectivity index (χ2n) is 6.04. The molecule has 0 aromatic heterocycles. The average molecular weight is 501 g/mol. The lowest BCUT2D eigenvalue weighted by molar-refractivity contribution is 0.172. The van der Waals surface area contributed by atoms with Crippen LogP contribution in [0, 0.1) is 5.82 Å². The molecule has 0 aliphatic rings. The first-order valence-corrected chi connectivity index (χ1v) is 9.11. The van der Waals surface area contributed by atoms with Crippen LogP contribution in [0.4, 0.5) is 4.39 Å². The van der Waals surface area contributed by atoms with Gasteiger partial charge in [-0.1, -0.05) is 30.3 Å². The highest BCUT2D eigenvalue weighted by Crippen LogP contribution is 2.13. The molecule has 0 unspecified atom stereocenters. The molecule has 0 spiro atoms. The van der Waals surface area contributed by atoms with Crippen molar-refractivity contribution in [3.63, 3.8) is 0 Å². The van der Waals surface area contributed by atoms with Gasteiger partial charge in [0.15, 0.2) is 5.96 Å². The van der Waals surface area contributed by atoms with Crippen LogP contribution in [0.5, 0.6) is 5.75 Å². The summed E-state index contributed by atoms with van der Waals surface area (Å²) in [6.45, 7) is 2.54. The van der Waals surface area contributed by atoms with E-state index in [-0.39, 0.29) is 29.8 Å². The molecule has 0 saturated carbocycles. The van der Waals surface area contributed by atoms with Gasteiger partial charge in [0.05, 0.1) is 6.61 Å². The monoisotopic (exact) mass is 501 g/mol. The van der Waals surface area contributed by atoms with Gasteiger partial charge in [0.25, 0.3) is 0 Å². The molecule has 0 bridgehead atoms. The Kier molecular flexibility index (Phi) is 12.2. The van der Waals surface area contributed by atoms with Gasteiger partial charge in [-0.25, -0.2) is 4.39 Å². The van der Waals surface area contributed by atoms with Gasteiger partial charge < -0.3 is 20.1 Å². The van der Waals surface area contributed by atoms with E-state index in [9.17, 15) is 4.39 Å². The minimum absolute atomic E-state index is 0. The van der Waals surface area contributed by atoms with Crippen LogP contribution in [0.2, 0.25) is 0 Å². The van der Waals surface area contributed by atoms with Crippen LogP contribution in [0.1, 0.15) is 17.5 Å². The summed E-state index contributed by atoms with van der Waals surface area (Å²) in [4.78, 5) is 4.20. The van der Waals surface area contributed by atoms with Gasteiger partial charge in [0.2, 0.25) is 0 Å². The number of ether oxygens (including phenoxy) is 2. The molecule has 0 amide bonds. The zero-order valence-electron chi connectivity index (χ0n) is 16.4. The summed E-state index contributed by atoms with van der Waals surface area (Å²) in [5.41, 5.74) is 1.79. The lowest BCUT2D eigenvalue weighted by Crippen LogP contribution is -2.37. The maximum absolute atomic E-state index is 13.6. The van der Waals surface area contributed by atoms with Crippen molar-refractivity contribution in [2.75, 3.05) is 33.9 Å². The van der Waals surface area contributed by atoms with Crippen molar-refractivity contribution in [2.45, 2.75) is 19.4 Å². The molecular formula is C21H29FIN3O2. The molecule has 0 fully saturated rings. The molecule has 2 N–H and O–H groups in total. The summed E-state index contributed by atoms with van der Waals surface area (Å²) in [5, 5.41) is 6.47. The molecule has 2 aromatic rings. The highest BCUT2D eigenvalue weighted by atomic mass is 127. The van der Waals surface area contributed by atoms with Crippen molar-refractivity contribution >= 4 is 29.9 Å². The molecule has 154 valence electrons. The van der Waals surface area contributed by atoms with Gasteiger partial charge in [-0.05, 0) is 35.7 Å². The Balaban J connectivity index is 0.00000392. The number of guanidine groups is 1. The molecule has 2 aromatic carbocycles. The third-order valence-corrected chi connectivity index (χ3v) is 3.99. The van der Waals surface area contributed by atoms with E-state index in [1.54, 1.807) is 26.3 Å². The maximum atomic E-state index is 13.6. The number of hydrogen-bond acceptors (Lipinski definition) is 3. The Morgan fingerprint density at radius 2 is 1.89 bits per heavy atom. The van der Waals surface area contributed by atoms with E-state index in [0.29, 0.717) is 44.2 Å². The van der Waals surface area contributed by atoms with E-state index in [4.69, 9.17) is 9.47 Å². The van der Waals surface area contributed by atoms with Crippen LogP contribution in [-0.4, -0.2) is 39.9 Å². The van der Waals surface area contributed by atoms with E-state index >= 15 is 0 Å². The van der Waals surface area contributed by atoms with Gasteiger partial charge in [-0.15, -0.1) is 24.0 Å². The molecular weight excluding hydrogens is 472 g/mol. The number of halogens is 2. The molecule has 0 aliphatic carbocycles. The molecule has 0 atom stereocenters. The molecule has 28 heavy (non-hydrogen) atoms. The van der Waals surface area contributed by atoms with Crippen molar-refractivity contribution in [2.24, 2.45) is 4.99 Å². The van der Waals surface area contributed by atoms with E-state index in [1.807, 2.05) is 30.3 Å². The van der Waals surface area contributed by atoms with Crippen LogP contribution in [0.25, 0.3) is 0 Å². The van der Waals surface area contributed by atoms with Gasteiger partial charge in [0.1, 0.15) is 11.6 Å². The normalized spacial score (nSPS) is 10.9. The summed E-state index contributed by atoms with van der Waals surface area (Å²) in [7, 11) is 3.40. The Labute approximate surface area is 183 Å². The summed E-state index contributed by atoms with van der Waals surface area (Å²) < 4.78 is 24.4. The second kappa shape index (κ2) is 14.2. The first kappa shape index (κ1) is 24.2. The largest absolute Gasteiger partial charge is 0.493 e. The lowest BCUT2D eigenvalue weighted by Gasteiger charge is -2.13. The van der Waals surface area contributed by atoms with E-state index in [0.717, 1.165) is 17.7 Å². The van der Waals surface area contributed by atoms with Crippen LogP contribution >= 0.6 is 24.0 Å². The fraction of sp³-hybridized carbons (Fsp3) is 0.381. The Morgan fingerprint density at radius 1 is 1.07 bits per heavy atom. The van der Waals surface area contributed by atoms with Crippen molar-refractivity contribution in [3.8, 4) is 5.75 Å². The van der Waals surface area contributed by atoms with Crippen LogP contribution in [0.15, 0.2) is 53.5 Å². The third kappa shape index (κ3) is 8.88. The van der Waals surface area contributed by atoms with Gasteiger partial charge in [-0.2, -0.15) is 0 Å². The van der Waals surface area contributed by atoms with Crippen molar-refractivity contribution < 1.29 is 13.9 Å². The summed E-state index contributed by atoms with van der Waals surface area (Å²) in [5.74, 6) is 1.34. The quantitative estimate of drug-likeness (QED) is 0.225. The lowest BCUT2D eigenvalue weighted by atomic mass is 10.1. The number of hydrogen-bond donors (Lipinski definition) is 2. The number of aliphatic imine (C=N–C) groups is 1. The van der Waals surface area contributed by atoms with Crippen molar-refractivity contribution in [1.29, 1.82) is 0 Å². The summed E-state index contributed by atoms with van der Waals surface area (Å²) in [6.07, 6.45) is 1.45. The smallest absolute Gasteiger partial charge is 0.191 e. The Morgan fingerprint density at radius 3 is 2.64 bits per heavy atom. The van der Waals surface area contributed by atoms with Crippen LogP contribution < -0.4 is 15.4 Å². The predicted molar refractivity (Wildman–Crippen MR) is 122 cm³/mol. The SMILES string of the molecule is CN=C(NCCc1ccccc1F)NCc1cccc(OCCCOC)c1.I. The standard InChI is InChI=1S/C21H28FN3O2.HI/c1-23-21(24-12-11-18-8-3-4-10-20(18)22)25-16-17-7-5-9-19(15-17)27-14-6-13-26-2;/h3-5,7-10,15H,6,11-14,16H2,1-2H3,(H2,23,24,25);1H. The predicted octanol–water partition coefficient (Wildman–Crippen LogP) is 3.77. The summed E-state index contributed by atoms with van der Waals surface area (Å²) >= 11 is 0. The number of rotatable bonds is 10. The third-order valence-electron chi connectivity index (χ3n) is 3.99. The fourth-order valence-corrected chi connectivity index (χ4v) is 2.56. The highest BCUT2D eigenvalue weighted by Gasteiger charge is 2.03. The Hall–Kier alpha value is -1.87. The second-order valence-corrected chi connectivity index (χ2v) is 6.04. The van der Waals surface area contributed by atoms with Crippen LogP contribution in [0.3, 0.4) is 0 Å². The zero-order valence-corrected chi connectivity index (χ0v) is 18.7. The molecule has 0 aliphatic heterocycles. The average Bonchev–Trinajstić information content (AvgIpc) is 2.69. The molecule has 2 rings (SSSR count). The first-order chi connectivity index (χ1) is 13.2. The molecule has 5 nitrogen and oxygen atoms in total. The maximum Gasteiger partial charge on any atom is 0.191 e. The topological polar surface area (TPSA) is 54.9 Å². The van der Waals surface area contributed by atoms with E-state index < -0.39 is 0 Å². The van der Waals surface area contributed by atoms with Gasteiger partial charge in [-0.3, -0.25) is 4.99 Å². The molecule has 0 heterocycles. The summed E-state index contributed by atoms with van der Waals surface area (Å²) in [6, 6.07) is 14.8. The molecule has 0 saturated heterocycles. The van der Waals surface area contributed by atoms with E-state index in [1.165, 1.54) is 6.07 Å². The van der Waals surface area contributed by atoms with Gasteiger partial charge in [0, 0.05) is 40.3 Å². The fourth-order valence-electron chi connectivity index (χ4n) is 2.56. The number of methoxy groups -OCH3 is 1. The number of benzene rings is 2.